The molecule has 2 rings (SSSR count). The second kappa shape index (κ2) is 5.35. The average Bonchev–Trinajstić information content (AvgIpc) is 2.69. The highest BCUT2D eigenvalue weighted by molar-refractivity contribution is 7.98. The minimum atomic E-state index is -0.315. The van der Waals surface area contributed by atoms with Crippen LogP contribution in [0.25, 0.3) is 5.65 Å². The zero-order valence-electron chi connectivity index (χ0n) is 9.85. The van der Waals surface area contributed by atoms with Gasteiger partial charge in [-0.2, -0.15) is 16.7 Å². The summed E-state index contributed by atoms with van der Waals surface area (Å²) in [5, 5.41) is 7.44. The number of pyridine rings is 1. The summed E-state index contributed by atoms with van der Waals surface area (Å²) in [6.07, 6.45) is 4.39. The number of thioether (sulfide) groups is 1. The third kappa shape index (κ3) is 2.88. The lowest BCUT2D eigenvalue weighted by atomic mass is 10.3. The van der Waals surface area contributed by atoms with E-state index < -0.39 is 0 Å². The summed E-state index contributed by atoms with van der Waals surface area (Å²) in [7, 11) is 0. The van der Waals surface area contributed by atoms with E-state index in [1.54, 1.807) is 17.8 Å². The molecular formula is C11H15FN4S. The van der Waals surface area contributed by atoms with Crippen LogP contribution in [0.2, 0.25) is 0 Å². The van der Waals surface area contributed by atoms with E-state index in [1.165, 1.54) is 16.8 Å². The van der Waals surface area contributed by atoms with Gasteiger partial charge in [0.2, 0.25) is 5.95 Å². The molecule has 0 spiro atoms. The van der Waals surface area contributed by atoms with Crippen LogP contribution >= 0.6 is 11.8 Å². The van der Waals surface area contributed by atoms with E-state index in [1.807, 2.05) is 0 Å². The predicted octanol–water partition coefficient (Wildman–Crippen LogP) is 2.42. The Kier molecular flexibility index (Phi) is 3.83. The summed E-state index contributed by atoms with van der Waals surface area (Å²) in [4.78, 5) is 4.29. The highest BCUT2D eigenvalue weighted by Crippen LogP contribution is 2.10. The Morgan fingerprint density at radius 1 is 1.53 bits per heavy atom. The predicted molar refractivity (Wildman–Crippen MR) is 69.0 cm³/mol. The largest absolute Gasteiger partial charge is 0.349 e. The van der Waals surface area contributed by atoms with Crippen LogP contribution in [-0.4, -0.2) is 32.6 Å². The Bertz CT molecular complexity index is 499. The fourth-order valence-corrected chi connectivity index (χ4v) is 2.29. The van der Waals surface area contributed by atoms with Gasteiger partial charge in [0.15, 0.2) is 5.65 Å². The smallest absolute Gasteiger partial charge is 0.243 e. The number of aromatic nitrogens is 3. The van der Waals surface area contributed by atoms with Crippen molar-refractivity contribution in [2.24, 2.45) is 0 Å². The topological polar surface area (TPSA) is 42.2 Å². The summed E-state index contributed by atoms with van der Waals surface area (Å²) in [6, 6.07) is 3.34. The van der Waals surface area contributed by atoms with Crippen LogP contribution in [0.3, 0.4) is 0 Å². The molecule has 0 bridgehead atoms. The number of hydrogen-bond donors (Lipinski definition) is 1. The standard InChI is InChI=1S/C11H15FN4S/c1-3-9(7-17-2)13-11-14-10-5-4-8(12)6-16(10)15-11/h4-6,9H,3,7H2,1-2H3,(H,13,15). The number of halogens is 1. The Hall–Kier alpha value is -1.30. The molecule has 0 radical (unpaired) electrons. The second-order valence-corrected chi connectivity index (χ2v) is 4.70. The molecule has 0 fully saturated rings. The van der Waals surface area contributed by atoms with Crippen molar-refractivity contribution in [3.05, 3.63) is 24.1 Å². The zero-order chi connectivity index (χ0) is 12.3. The van der Waals surface area contributed by atoms with Crippen LogP contribution in [0.5, 0.6) is 0 Å². The Morgan fingerprint density at radius 3 is 3.06 bits per heavy atom. The lowest BCUT2D eigenvalue weighted by molar-refractivity contribution is 0.614. The zero-order valence-corrected chi connectivity index (χ0v) is 10.7. The number of rotatable bonds is 5. The minimum Gasteiger partial charge on any atom is -0.349 e. The molecule has 0 aromatic carbocycles. The Labute approximate surface area is 104 Å². The van der Waals surface area contributed by atoms with Crippen LogP contribution in [0.15, 0.2) is 18.3 Å². The molecule has 17 heavy (non-hydrogen) atoms. The molecule has 0 aliphatic rings. The lowest BCUT2D eigenvalue weighted by Gasteiger charge is -2.13. The van der Waals surface area contributed by atoms with Gasteiger partial charge in [0.05, 0.1) is 6.20 Å². The number of hydrogen-bond acceptors (Lipinski definition) is 4. The van der Waals surface area contributed by atoms with Gasteiger partial charge in [-0.15, -0.1) is 5.10 Å². The van der Waals surface area contributed by atoms with Gasteiger partial charge < -0.3 is 5.32 Å². The van der Waals surface area contributed by atoms with Crippen LogP contribution < -0.4 is 5.32 Å². The van der Waals surface area contributed by atoms with Crippen molar-refractivity contribution in [2.45, 2.75) is 19.4 Å². The maximum absolute atomic E-state index is 13.0. The van der Waals surface area contributed by atoms with Gasteiger partial charge in [0, 0.05) is 11.8 Å². The van der Waals surface area contributed by atoms with E-state index in [2.05, 4.69) is 28.6 Å². The van der Waals surface area contributed by atoms with Crippen LogP contribution in [0.4, 0.5) is 10.3 Å². The van der Waals surface area contributed by atoms with Gasteiger partial charge in [-0.1, -0.05) is 6.92 Å². The molecule has 0 aliphatic carbocycles. The fourth-order valence-electron chi connectivity index (χ4n) is 1.56. The average molecular weight is 254 g/mol. The normalized spacial score (nSPS) is 12.9. The van der Waals surface area contributed by atoms with Crippen molar-refractivity contribution in [1.82, 2.24) is 14.6 Å². The first-order valence-corrected chi connectivity index (χ1v) is 6.89. The number of anilines is 1. The first-order valence-electron chi connectivity index (χ1n) is 5.50. The van der Waals surface area contributed by atoms with Crippen molar-refractivity contribution in [1.29, 1.82) is 0 Å². The van der Waals surface area contributed by atoms with E-state index in [0.29, 0.717) is 17.6 Å². The lowest BCUT2D eigenvalue weighted by Crippen LogP contribution is -2.21. The molecule has 6 heteroatoms. The maximum Gasteiger partial charge on any atom is 0.243 e. The molecule has 1 unspecified atom stereocenters. The third-order valence-electron chi connectivity index (χ3n) is 2.49. The van der Waals surface area contributed by atoms with E-state index in [-0.39, 0.29) is 5.82 Å². The summed E-state index contributed by atoms with van der Waals surface area (Å²) in [5.41, 5.74) is 0.646. The quantitative estimate of drug-likeness (QED) is 0.889. The minimum absolute atomic E-state index is 0.315. The molecule has 2 aromatic heterocycles. The number of nitrogens with one attached hydrogen (secondary N) is 1. The molecular weight excluding hydrogens is 239 g/mol. The summed E-state index contributed by atoms with van der Waals surface area (Å²) in [6.45, 7) is 2.11. The van der Waals surface area contributed by atoms with Gasteiger partial charge in [-0.3, -0.25) is 0 Å². The number of fused-ring (bicyclic) bond motifs is 1. The Morgan fingerprint density at radius 2 is 2.35 bits per heavy atom. The van der Waals surface area contributed by atoms with Gasteiger partial charge in [-0.05, 0) is 24.8 Å². The molecule has 0 aliphatic heterocycles. The van der Waals surface area contributed by atoms with Crippen LogP contribution in [0.1, 0.15) is 13.3 Å². The van der Waals surface area contributed by atoms with Gasteiger partial charge in [-0.25, -0.2) is 8.91 Å². The highest BCUT2D eigenvalue weighted by Gasteiger charge is 2.09. The van der Waals surface area contributed by atoms with Gasteiger partial charge >= 0.3 is 0 Å². The first kappa shape index (κ1) is 12.2. The molecule has 1 atom stereocenters. The van der Waals surface area contributed by atoms with Gasteiger partial charge in [0.1, 0.15) is 5.82 Å². The first-order chi connectivity index (χ1) is 8.22. The van der Waals surface area contributed by atoms with E-state index in [0.717, 1.165) is 12.2 Å². The molecule has 2 aromatic rings. The monoisotopic (exact) mass is 254 g/mol. The van der Waals surface area contributed by atoms with Crippen molar-refractivity contribution in [3.63, 3.8) is 0 Å². The maximum atomic E-state index is 13.0. The van der Waals surface area contributed by atoms with E-state index in [9.17, 15) is 4.39 Å². The molecule has 0 saturated carbocycles. The summed E-state index contributed by atoms with van der Waals surface area (Å²) < 4.78 is 14.4. The van der Waals surface area contributed by atoms with Crippen molar-refractivity contribution in [3.8, 4) is 0 Å². The van der Waals surface area contributed by atoms with Crippen LogP contribution in [0, 0.1) is 5.82 Å². The number of nitrogens with zero attached hydrogens (tertiary/aromatic N) is 3. The molecule has 1 N–H and O–H groups in total. The van der Waals surface area contributed by atoms with E-state index in [4.69, 9.17) is 0 Å². The van der Waals surface area contributed by atoms with Gasteiger partial charge in [0.25, 0.3) is 0 Å². The molecule has 0 amide bonds. The van der Waals surface area contributed by atoms with Crippen molar-refractivity contribution in [2.75, 3.05) is 17.3 Å². The van der Waals surface area contributed by atoms with Crippen molar-refractivity contribution >= 4 is 23.4 Å². The van der Waals surface area contributed by atoms with Crippen LogP contribution in [-0.2, 0) is 0 Å². The molecule has 2 heterocycles. The molecule has 0 saturated heterocycles. The summed E-state index contributed by atoms with van der Waals surface area (Å²) in [5.74, 6) is 1.24. The molecule has 92 valence electrons. The fraction of sp³-hybridized carbons (Fsp3) is 0.455. The summed E-state index contributed by atoms with van der Waals surface area (Å²) >= 11 is 1.78. The van der Waals surface area contributed by atoms with Crippen molar-refractivity contribution < 1.29 is 4.39 Å². The SMILES string of the molecule is CCC(CSC)Nc1nc2ccc(F)cn2n1. The second-order valence-electron chi connectivity index (χ2n) is 3.79. The third-order valence-corrected chi connectivity index (χ3v) is 3.22. The highest BCUT2D eigenvalue weighted by atomic mass is 32.2. The van der Waals surface area contributed by atoms with E-state index >= 15 is 0 Å². The molecule has 4 nitrogen and oxygen atoms in total. The Balaban J connectivity index is 2.18.